The van der Waals surface area contributed by atoms with E-state index in [1.54, 1.807) is 13.8 Å². The third-order valence-electron chi connectivity index (χ3n) is 6.70. The first-order chi connectivity index (χ1) is 12.6. The van der Waals surface area contributed by atoms with Crippen LogP contribution in [-0.2, 0) is 19.1 Å². The standard InChI is InChI=1S/C23H36O4/c1-15(2)21(24)26-19-11-7-17(8-12-19)23(5,6)18-9-13-20(14-10-18)27-22(25)16(3)4/h17-20H,1,3,7-14H2,2,4-6H3. The van der Waals surface area contributed by atoms with Crippen molar-refractivity contribution in [2.24, 2.45) is 17.3 Å². The van der Waals surface area contributed by atoms with E-state index in [1.807, 2.05) is 0 Å². The van der Waals surface area contributed by atoms with Crippen molar-refractivity contribution in [2.45, 2.75) is 91.3 Å². The van der Waals surface area contributed by atoms with E-state index < -0.39 is 0 Å². The Morgan fingerprint density at radius 3 is 1.26 bits per heavy atom. The summed E-state index contributed by atoms with van der Waals surface area (Å²) in [6.45, 7) is 15.5. The number of rotatable bonds is 6. The minimum atomic E-state index is -0.264. The van der Waals surface area contributed by atoms with Crippen molar-refractivity contribution in [2.75, 3.05) is 0 Å². The maximum atomic E-state index is 11.7. The molecule has 2 rings (SSSR count). The van der Waals surface area contributed by atoms with Gasteiger partial charge in [0.25, 0.3) is 0 Å². The average molecular weight is 377 g/mol. The minimum Gasteiger partial charge on any atom is -0.459 e. The van der Waals surface area contributed by atoms with Gasteiger partial charge in [0.15, 0.2) is 0 Å². The predicted octanol–water partition coefficient (Wildman–Crippen LogP) is 5.37. The molecule has 2 saturated carbocycles. The van der Waals surface area contributed by atoms with Crippen LogP contribution in [0.15, 0.2) is 24.3 Å². The zero-order valence-electron chi connectivity index (χ0n) is 17.5. The molecule has 0 aliphatic heterocycles. The Kier molecular flexibility index (Phi) is 7.30. The van der Waals surface area contributed by atoms with Gasteiger partial charge in [0.05, 0.1) is 0 Å². The monoisotopic (exact) mass is 376 g/mol. The van der Waals surface area contributed by atoms with Crippen molar-refractivity contribution in [1.82, 2.24) is 0 Å². The van der Waals surface area contributed by atoms with Crippen molar-refractivity contribution in [3.05, 3.63) is 24.3 Å². The SMILES string of the molecule is C=C(C)C(=O)OC1CCC(C(C)(C)C2CCC(OC(=O)C(=C)C)CC2)CC1. The largest absolute Gasteiger partial charge is 0.459 e. The van der Waals surface area contributed by atoms with Gasteiger partial charge < -0.3 is 9.47 Å². The smallest absolute Gasteiger partial charge is 0.333 e. The minimum absolute atomic E-state index is 0.0403. The van der Waals surface area contributed by atoms with E-state index in [2.05, 4.69) is 27.0 Å². The maximum absolute atomic E-state index is 11.7. The summed E-state index contributed by atoms with van der Waals surface area (Å²) in [6, 6.07) is 0. The van der Waals surface area contributed by atoms with Crippen molar-refractivity contribution in [3.63, 3.8) is 0 Å². The molecule has 0 spiro atoms. The maximum Gasteiger partial charge on any atom is 0.333 e. The molecule has 0 saturated heterocycles. The number of hydrogen-bond donors (Lipinski definition) is 0. The van der Waals surface area contributed by atoms with E-state index in [1.165, 1.54) is 0 Å². The molecule has 0 amide bonds. The molecule has 152 valence electrons. The number of hydrogen-bond acceptors (Lipinski definition) is 4. The highest BCUT2D eigenvalue weighted by Gasteiger charge is 2.41. The highest BCUT2D eigenvalue weighted by molar-refractivity contribution is 5.87. The molecule has 2 aliphatic rings. The number of carbonyl (C=O) groups excluding carboxylic acids is 2. The molecule has 0 unspecified atom stereocenters. The van der Waals surface area contributed by atoms with Crippen molar-refractivity contribution < 1.29 is 19.1 Å². The van der Waals surface area contributed by atoms with Gasteiger partial charge in [-0.1, -0.05) is 27.0 Å². The Balaban J connectivity index is 1.82. The zero-order valence-corrected chi connectivity index (χ0v) is 17.5. The van der Waals surface area contributed by atoms with Crippen LogP contribution >= 0.6 is 0 Å². The van der Waals surface area contributed by atoms with Gasteiger partial charge in [0.2, 0.25) is 0 Å². The van der Waals surface area contributed by atoms with Crippen LogP contribution in [0.25, 0.3) is 0 Å². The Labute approximate surface area is 164 Å². The van der Waals surface area contributed by atoms with Crippen LogP contribution in [0.4, 0.5) is 0 Å². The summed E-state index contributed by atoms with van der Waals surface area (Å²) in [7, 11) is 0. The van der Waals surface area contributed by atoms with Gasteiger partial charge in [0.1, 0.15) is 12.2 Å². The van der Waals surface area contributed by atoms with Gasteiger partial charge in [-0.3, -0.25) is 0 Å². The van der Waals surface area contributed by atoms with Crippen LogP contribution in [0.2, 0.25) is 0 Å². The quantitative estimate of drug-likeness (QED) is 0.462. The Hall–Kier alpha value is -1.58. The molecule has 0 aromatic carbocycles. The van der Waals surface area contributed by atoms with Crippen molar-refractivity contribution >= 4 is 11.9 Å². The summed E-state index contributed by atoms with van der Waals surface area (Å²) in [4.78, 5) is 23.4. The van der Waals surface area contributed by atoms with Crippen LogP contribution in [0.1, 0.15) is 79.1 Å². The van der Waals surface area contributed by atoms with E-state index in [0.29, 0.717) is 23.0 Å². The van der Waals surface area contributed by atoms with E-state index in [9.17, 15) is 9.59 Å². The molecule has 0 heterocycles. The topological polar surface area (TPSA) is 52.6 Å². The second-order valence-electron chi connectivity index (χ2n) is 9.14. The van der Waals surface area contributed by atoms with Gasteiger partial charge in [-0.15, -0.1) is 0 Å². The summed E-state index contributed by atoms with van der Waals surface area (Å²) in [6.07, 6.45) is 8.26. The molecule has 27 heavy (non-hydrogen) atoms. The average Bonchev–Trinajstić information content (AvgIpc) is 2.62. The summed E-state index contributed by atoms with van der Waals surface area (Å²) in [5.41, 5.74) is 1.20. The lowest BCUT2D eigenvalue weighted by Gasteiger charge is -2.46. The first kappa shape index (κ1) is 21.7. The van der Waals surface area contributed by atoms with Gasteiger partial charge in [-0.05, 0) is 82.5 Å². The summed E-state index contributed by atoms with van der Waals surface area (Å²) < 4.78 is 11.1. The van der Waals surface area contributed by atoms with E-state index in [0.717, 1.165) is 51.4 Å². The molecule has 0 bridgehead atoms. The van der Waals surface area contributed by atoms with Gasteiger partial charge >= 0.3 is 11.9 Å². The third kappa shape index (κ3) is 5.70. The molecule has 2 aliphatic carbocycles. The lowest BCUT2D eigenvalue weighted by atomic mass is 9.60. The summed E-state index contributed by atoms with van der Waals surface area (Å²) in [5.74, 6) is 0.772. The summed E-state index contributed by atoms with van der Waals surface area (Å²) in [5, 5.41) is 0. The van der Waals surface area contributed by atoms with Crippen LogP contribution in [0, 0.1) is 17.3 Å². The third-order valence-corrected chi connectivity index (χ3v) is 6.70. The fourth-order valence-corrected chi connectivity index (χ4v) is 4.69. The van der Waals surface area contributed by atoms with Crippen molar-refractivity contribution in [1.29, 1.82) is 0 Å². The second kappa shape index (κ2) is 9.07. The first-order valence-corrected chi connectivity index (χ1v) is 10.3. The van der Waals surface area contributed by atoms with E-state index in [-0.39, 0.29) is 29.6 Å². The molecule has 0 aromatic heterocycles. The highest BCUT2D eigenvalue weighted by atomic mass is 16.5. The molecule has 0 radical (unpaired) electrons. The number of esters is 2. The van der Waals surface area contributed by atoms with E-state index in [4.69, 9.17) is 9.47 Å². The highest BCUT2D eigenvalue weighted by Crippen LogP contribution is 2.48. The zero-order chi connectivity index (χ0) is 20.2. The Bertz CT molecular complexity index is 523. The molecule has 0 atom stereocenters. The molecule has 0 aromatic rings. The molecule has 2 fully saturated rings. The predicted molar refractivity (Wildman–Crippen MR) is 107 cm³/mol. The lowest BCUT2D eigenvalue weighted by molar-refractivity contribution is -0.147. The molecular formula is C23H36O4. The first-order valence-electron chi connectivity index (χ1n) is 10.3. The van der Waals surface area contributed by atoms with Crippen LogP contribution in [0.5, 0.6) is 0 Å². The normalized spacial score (nSPS) is 28.9. The van der Waals surface area contributed by atoms with Gasteiger partial charge in [-0.25, -0.2) is 9.59 Å². The fourth-order valence-electron chi connectivity index (χ4n) is 4.69. The molecular weight excluding hydrogens is 340 g/mol. The fraction of sp³-hybridized carbons (Fsp3) is 0.739. The number of ether oxygens (including phenoxy) is 2. The summed E-state index contributed by atoms with van der Waals surface area (Å²) >= 11 is 0. The van der Waals surface area contributed by atoms with Crippen LogP contribution in [0.3, 0.4) is 0 Å². The van der Waals surface area contributed by atoms with Crippen LogP contribution in [-0.4, -0.2) is 24.1 Å². The number of carbonyl (C=O) groups is 2. The lowest BCUT2D eigenvalue weighted by Crippen LogP contribution is -2.39. The molecule has 4 nitrogen and oxygen atoms in total. The Morgan fingerprint density at radius 2 is 1.00 bits per heavy atom. The van der Waals surface area contributed by atoms with Crippen LogP contribution < -0.4 is 0 Å². The molecule has 4 heteroatoms. The molecule has 0 N–H and O–H groups in total. The van der Waals surface area contributed by atoms with Crippen molar-refractivity contribution in [3.8, 4) is 0 Å². The van der Waals surface area contributed by atoms with Gasteiger partial charge in [-0.2, -0.15) is 0 Å². The second-order valence-corrected chi connectivity index (χ2v) is 9.14. The Morgan fingerprint density at radius 1 is 0.704 bits per heavy atom. The van der Waals surface area contributed by atoms with Gasteiger partial charge in [0, 0.05) is 11.1 Å². The van der Waals surface area contributed by atoms with E-state index >= 15 is 0 Å².